The van der Waals surface area contributed by atoms with Crippen LogP contribution in [0.3, 0.4) is 0 Å². The van der Waals surface area contributed by atoms with Crippen molar-refractivity contribution in [1.82, 2.24) is 9.88 Å². The van der Waals surface area contributed by atoms with Gasteiger partial charge < -0.3 is 5.73 Å². The topological polar surface area (TPSA) is 66.0 Å². The SMILES string of the molecule is CCC(CC)N(Cc1cccnc1C(=N)N)CC(C)C. The lowest BCUT2D eigenvalue weighted by atomic mass is 10.0. The van der Waals surface area contributed by atoms with Crippen LogP contribution in [0.1, 0.15) is 51.8 Å². The maximum atomic E-state index is 7.66. The predicted octanol–water partition coefficient (Wildman–Crippen LogP) is 3.01. The van der Waals surface area contributed by atoms with E-state index in [0.717, 1.165) is 31.5 Å². The van der Waals surface area contributed by atoms with E-state index >= 15 is 0 Å². The molecule has 1 aromatic heterocycles. The number of aromatic nitrogens is 1. The van der Waals surface area contributed by atoms with E-state index in [1.165, 1.54) is 0 Å². The summed E-state index contributed by atoms with van der Waals surface area (Å²) >= 11 is 0. The second-order valence-electron chi connectivity index (χ2n) is 5.72. The van der Waals surface area contributed by atoms with Gasteiger partial charge in [0, 0.05) is 25.3 Å². The summed E-state index contributed by atoms with van der Waals surface area (Å²) < 4.78 is 0. The van der Waals surface area contributed by atoms with Gasteiger partial charge in [-0.05, 0) is 30.4 Å². The van der Waals surface area contributed by atoms with E-state index < -0.39 is 0 Å². The molecule has 0 atom stereocenters. The molecule has 0 fully saturated rings. The molecule has 0 aliphatic rings. The van der Waals surface area contributed by atoms with Gasteiger partial charge in [0.2, 0.25) is 0 Å². The van der Waals surface area contributed by atoms with Gasteiger partial charge in [-0.15, -0.1) is 0 Å². The second-order valence-corrected chi connectivity index (χ2v) is 5.72. The maximum Gasteiger partial charge on any atom is 0.142 e. The molecular formula is C16H28N4. The summed E-state index contributed by atoms with van der Waals surface area (Å²) in [6.07, 6.45) is 3.97. The van der Waals surface area contributed by atoms with Crippen molar-refractivity contribution in [3.63, 3.8) is 0 Å². The molecule has 0 unspecified atom stereocenters. The van der Waals surface area contributed by atoms with Gasteiger partial charge in [0.1, 0.15) is 11.5 Å². The number of rotatable bonds is 8. The van der Waals surface area contributed by atoms with Crippen LogP contribution < -0.4 is 5.73 Å². The van der Waals surface area contributed by atoms with Gasteiger partial charge in [-0.3, -0.25) is 15.3 Å². The van der Waals surface area contributed by atoms with E-state index in [4.69, 9.17) is 11.1 Å². The lowest BCUT2D eigenvalue weighted by Gasteiger charge is -2.32. The van der Waals surface area contributed by atoms with Crippen LogP contribution in [-0.2, 0) is 6.54 Å². The molecule has 0 aliphatic carbocycles. The summed E-state index contributed by atoms with van der Waals surface area (Å²) in [5.74, 6) is 0.669. The summed E-state index contributed by atoms with van der Waals surface area (Å²) in [6.45, 7) is 10.8. The Morgan fingerprint density at radius 1 is 1.35 bits per heavy atom. The van der Waals surface area contributed by atoms with Crippen LogP contribution in [0.2, 0.25) is 0 Å². The molecule has 0 saturated carbocycles. The number of nitrogens with two attached hydrogens (primary N) is 1. The van der Waals surface area contributed by atoms with Crippen LogP contribution in [0.5, 0.6) is 0 Å². The number of amidine groups is 1. The highest BCUT2D eigenvalue weighted by Crippen LogP contribution is 2.17. The highest BCUT2D eigenvalue weighted by atomic mass is 15.2. The first-order valence-electron chi connectivity index (χ1n) is 7.51. The summed E-state index contributed by atoms with van der Waals surface area (Å²) in [4.78, 5) is 6.74. The molecule has 20 heavy (non-hydrogen) atoms. The Morgan fingerprint density at radius 3 is 2.50 bits per heavy atom. The zero-order valence-corrected chi connectivity index (χ0v) is 13.2. The summed E-state index contributed by atoms with van der Waals surface area (Å²) in [6, 6.07) is 4.51. The summed E-state index contributed by atoms with van der Waals surface area (Å²) in [7, 11) is 0. The van der Waals surface area contributed by atoms with Crippen molar-refractivity contribution < 1.29 is 0 Å². The molecule has 1 rings (SSSR count). The molecule has 0 saturated heterocycles. The monoisotopic (exact) mass is 276 g/mol. The van der Waals surface area contributed by atoms with E-state index in [2.05, 4.69) is 37.6 Å². The Balaban J connectivity index is 2.97. The molecule has 0 aromatic carbocycles. The number of hydrogen-bond acceptors (Lipinski definition) is 3. The van der Waals surface area contributed by atoms with Crippen LogP contribution in [0.15, 0.2) is 18.3 Å². The molecule has 0 radical (unpaired) electrons. The summed E-state index contributed by atoms with van der Waals surface area (Å²) in [5.41, 5.74) is 7.30. The molecular weight excluding hydrogens is 248 g/mol. The van der Waals surface area contributed by atoms with Crippen molar-refractivity contribution in [3.8, 4) is 0 Å². The number of nitrogen functional groups attached to an aromatic ring is 1. The van der Waals surface area contributed by atoms with Gasteiger partial charge >= 0.3 is 0 Å². The fourth-order valence-corrected chi connectivity index (χ4v) is 2.64. The molecule has 112 valence electrons. The third kappa shape index (κ3) is 4.60. The third-order valence-electron chi connectivity index (χ3n) is 3.58. The van der Waals surface area contributed by atoms with Gasteiger partial charge in [0.15, 0.2) is 0 Å². The van der Waals surface area contributed by atoms with Crippen LogP contribution in [0.4, 0.5) is 0 Å². The lowest BCUT2D eigenvalue weighted by molar-refractivity contribution is 0.157. The molecule has 1 heterocycles. The fourth-order valence-electron chi connectivity index (χ4n) is 2.64. The van der Waals surface area contributed by atoms with Crippen LogP contribution >= 0.6 is 0 Å². The Hall–Kier alpha value is -1.42. The van der Waals surface area contributed by atoms with Crippen LogP contribution in [0, 0.1) is 11.3 Å². The van der Waals surface area contributed by atoms with Gasteiger partial charge in [-0.1, -0.05) is 33.8 Å². The average Bonchev–Trinajstić information content (AvgIpc) is 2.39. The average molecular weight is 276 g/mol. The van der Waals surface area contributed by atoms with Crippen molar-refractivity contribution >= 4 is 5.84 Å². The van der Waals surface area contributed by atoms with E-state index in [1.807, 2.05) is 12.1 Å². The van der Waals surface area contributed by atoms with Crippen LogP contribution in [-0.4, -0.2) is 28.3 Å². The normalized spacial score (nSPS) is 11.6. The van der Waals surface area contributed by atoms with Gasteiger partial charge in [-0.2, -0.15) is 0 Å². The van der Waals surface area contributed by atoms with E-state index in [9.17, 15) is 0 Å². The Bertz CT molecular complexity index is 424. The van der Waals surface area contributed by atoms with Crippen molar-refractivity contribution in [3.05, 3.63) is 29.6 Å². The maximum absolute atomic E-state index is 7.66. The van der Waals surface area contributed by atoms with E-state index in [0.29, 0.717) is 17.7 Å². The number of nitrogens with one attached hydrogen (secondary N) is 1. The molecule has 3 N–H and O–H groups in total. The zero-order chi connectivity index (χ0) is 15.1. The standard InChI is InChI=1S/C16H28N4/c1-5-14(6-2)20(10-12(3)4)11-13-8-7-9-19-15(13)16(17)18/h7-9,12,14H,5-6,10-11H2,1-4H3,(H3,17,18). The van der Waals surface area contributed by atoms with Crippen molar-refractivity contribution in [2.45, 2.75) is 53.1 Å². The van der Waals surface area contributed by atoms with Gasteiger partial charge in [0.25, 0.3) is 0 Å². The molecule has 0 bridgehead atoms. The lowest BCUT2D eigenvalue weighted by Crippen LogP contribution is -2.37. The largest absolute Gasteiger partial charge is 0.382 e. The molecule has 0 amide bonds. The highest BCUT2D eigenvalue weighted by molar-refractivity contribution is 5.94. The predicted molar refractivity (Wildman–Crippen MR) is 84.9 cm³/mol. The van der Waals surface area contributed by atoms with Crippen LogP contribution in [0.25, 0.3) is 0 Å². The first-order chi connectivity index (χ1) is 9.49. The molecule has 4 heteroatoms. The van der Waals surface area contributed by atoms with Gasteiger partial charge in [-0.25, -0.2) is 0 Å². The number of pyridine rings is 1. The van der Waals surface area contributed by atoms with Gasteiger partial charge in [0.05, 0.1) is 0 Å². The minimum atomic E-state index is 0.0506. The Kier molecular flexibility index (Phi) is 6.65. The second kappa shape index (κ2) is 8.00. The first-order valence-corrected chi connectivity index (χ1v) is 7.51. The Morgan fingerprint density at radius 2 is 2.00 bits per heavy atom. The van der Waals surface area contributed by atoms with Crippen molar-refractivity contribution in [2.24, 2.45) is 11.7 Å². The zero-order valence-electron chi connectivity index (χ0n) is 13.2. The van der Waals surface area contributed by atoms with Crippen molar-refractivity contribution in [2.75, 3.05) is 6.54 Å². The fraction of sp³-hybridized carbons (Fsp3) is 0.625. The van der Waals surface area contributed by atoms with Crippen molar-refractivity contribution in [1.29, 1.82) is 5.41 Å². The van der Waals surface area contributed by atoms with E-state index in [1.54, 1.807) is 6.20 Å². The smallest absolute Gasteiger partial charge is 0.142 e. The minimum absolute atomic E-state index is 0.0506. The molecule has 4 nitrogen and oxygen atoms in total. The number of nitrogens with zero attached hydrogens (tertiary/aromatic N) is 2. The highest BCUT2D eigenvalue weighted by Gasteiger charge is 2.18. The first kappa shape index (κ1) is 16.6. The Labute approximate surface area is 122 Å². The third-order valence-corrected chi connectivity index (χ3v) is 3.58. The molecule has 0 spiro atoms. The molecule has 0 aliphatic heterocycles. The quantitative estimate of drug-likeness (QED) is 0.566. The summed E-state index contributed by atoms with van der Waals surface area (Å²) in [5, 5.41) is 7.66. The molecule has 1 aromatic rings. The van der Waals surface area contributed by atoms with E-state index in [-0.39, 0.29) is 5.84 Å². The number of hydrogen-bond donors (Lipinski definition) is 2. The minimum Gasteiger partial charge on any atom is -0.382 e.